The van der Waals surface area contributed by atoms with Gasteiger partial charge in [-0.15, -0.1) is 5.10 Å². The first-order valence-electron chi connectivity index (χ1n) is 8.89. The molecule has 0 atom stereocenters. The molecule has 1 aromatic carbocycles. The molecular weight excluding hydrogens is 521 g/mol. The van der Waals surface area contributed by atoms with Crippen molar-refractivity contribution in [1.82, 2.24) is 14.8 Å². The molecule has 0 aliphatic carbocycles. The molecule has 8 nitrogen and oxygen atoms in total. The predicted molar refractivity (Wildman–Crippen MR) is 123 cm³/mol. The van der Waals surface area contributed by atoms with Crippen LogP contribution in [-0.2, 0) is 4.74 Å². The fourth-order valence-electron chi connectivity index (χ4n) is 2.41. The van der Waals surface area contributed by atoms with Crippen molar-refractivity contribution in [3.63, 3.8) is 0 Å². The average Bonchev–Trinajstić information content (AvgIpc) is 3.03. The Hall–Kier alpha value is -2.66. The standard InChI is InChI=1S/C20H19ClIN5O3/c1-20(2,3)30-19(29)24-15-11-27(14-6-4-5-13(22)9-14)26-17(15)25-18(28)12-7-8-16(21)23-10-12/h4-11H,1-3H3,(H,24,29)(H,25,26,28). The summed E-state index contributed by atoms with van der Waals surface area (Å²) in [6.45, 7) is 5.29. The molecule has 30 heavy (non-hydrogen) atoms. The van der Waals surface area contributed by atoms with Crippen LogP contribution in [0.1, 0.15) is 31.1 Å². The molecule has 0 bridgehead atoms. The molecule has 10 heteroatoms. The lowest BCUT2D eigenvalue weighted by Crippen LogP contribution is -2.27. The van der Waals surface area contributed by atoms with Crippen molar-refractivity contribution in [2.75, 3.05) is 10.6 Å². The molecule has 0 fully saturated rings. The molecule has 0 saturated heterocycles. The number of nitrogens with zero attached hydrogens (tertiary/aromatic N) is 3. The SMILES string of the molecule is CC(C)(C)OC(=O)Nc1cn(-c2cccc(I)c2)nc1NC(=O)c1ccc(Cl)nc1. The van der Waals surface area contributed by atoms with E-state index in [1.165, 1.54) is 12.3 Å². The lowest BCUT2D eigenvalue weighted by Gasteiger charge is -2.19. The molecule has 0 saturated carbocycles. The summed E-state index contributed by atoms with van der Waals surface area (Å²) < 4.78 is 7.88. The summed E-state index contributed by atoms with van der Waals surface area (Å²) >= 11 is 7.97. The average molecular weight is 540 g/mol. The van der Waals surface area contributed by atoms with Gasteiger partial charge < -0.3 is 10.1 Å². The van der Waals surface area contributed by atoms with Gasteiger partial charge in [0.15, 0.2) is 5.82 Å². The van der Waals surface area contributed by atoms with E-state index < -0.39 is 17.6 Å². The summed E-state index contributed by atoms with van der Waals surface area (Å²) in [5.74, 6) is -0.279. The summed E-state index contributed by atoms with van der Waals surface area (Å²) in [7, 11) is 0. The zero-order valence-corrected chi connectivity index (χ0v) is 19.4. The molecule has 156 valence electrons. The Bertz CT molecular complexity index is 1080. The molecule has 2 N–H and O–H groups in total. The van der Waals surface area contributed by atoms with Gasteiger partial charge in [0, 0.05) is 9.77 Å². The van der Waals surface area contributed by atoms with Crippen LogP contribution in [0.25, 0.3) is 5.69 Å². The smallest absolute Gasteiger partial charge is 0.412 e. The van der Waals surface area contributed by atoms with Gasteiger partial charge in [0.25, 0.3) is 5.91 Å². The van der Waals surface area contributed by atoms with Crippen LogP contribution in [0.4, 0.5) is 16.3 Å². The molecule has 0 aliphatic rings. The third-order valence-corrected chi connectivity index (χ3v) is 4.54. The number of benzene rings is 1. The second-order valence-electron chi connectivity index (χ2n) is 7.27. The Balaban J connectivity index is 1.91. The minimum Gasteiger partial charge on any atom is -0.444 e. The van der Waals surface area contributed by atoms with Gasteiger partial charge in [-0.3, -0.25) is 10.1 Å². The third-order valence-electron chi connectivity index (χ3n) is 3.64. The van der Waals surface area contributed by atoms with Crippen LogP contribution in [0, 0.1) is 3.57 Å². The zero-order chi connectivity index (χ0) is 21.9. The lowest BCUT2D eigenvalue weighted by atomic mass is 10.2. The van der Waals surface area contributed by atoms with Crippen LogP contribution in [0.5, 0.6) is 0 Å². The van der Waals surface area contributed by atoms with E-state index in [0.717, 1.165) is 9.26 Å². The molecular formula is C20H19ClIN5O3. The number of carbonyl (C=O) groups excluding carboxylic acids is 2. The Morgan fingerprint density at radius 2 is 1.93 bits per heavy atom. The fourth-order valence-corrected chi connectivity index (χ4v) is 3.05. The number of hydrogen-bond donors (Lipinski definition) is 2. The molecule has 2 amide bonds. The Morgan fingerprint density at radius 3 is 2.57 bits per heavy atom. The van der Waals surface area contributed by atoms with E-state index in [4.69, 9.17) is 16.3 Å². The highest BCUT2D eigenvalue weighted by Crippen LogP contribution is 2.24. The number of aromatic nitrogens is 3. The number of halogens is 2. The maximum atomic E-state index is 12.6. The third kappa shape index (κ3) is 5.92. The molecule has 0 radical (unpaired) electrons. The van der Waals surface area contributed by atoms with Crippen molar-refractivity contribution < 1.29 is 14.3 Å². The number of carbonyl (C=O) groups is 2. The number of ether oxygens (including phenoxy) is 1. The Labute approximate surface area is 192 Å². The largest absolute Gasteiger partial charge is 0.444 e. The van der Waals surface area contributed by atoms with Gasteiger partial charge >= 0.3 is 6.09 Å². The molecule has 0 unspecified atom stereocenters. The Kier molecular flexibility index (Phi) is 6.61. The normalized spacial score (nSPS) is 11.1. The van der Waals surface area contributed by atoms with Crippen molar-refractivity contribution in [2.45, 2.75) is 26.4 Å². The molecule has 0 aliphatic heterocycles. The number of hydrogen-bond acceptors (Lipinski definition) is 5. The minimum atomic E-state index is -0.673. The summed E-state index contributed by atoms with van der Waals surface area (Å²) in [4.78, 5) is 28.8. The van der Waals surface area contributed by atoms with Gasteiger partial charge in [0.1, 0.15) is 16.4 Å². The van der Waals surface area contributed by atoms with Gasteiger partial charge in [-0.2, -0.15) is 0 Å². The van der Waals surface area contributed by atoms with E-state index in [-0.39, 0.29) is 11.0 Å². The van der Waals surface area contributed by atoms with E-state index in [9.17, 15) is 9.59 Å². The maximum Gasteiger partial charge on any atom is 0.412 e. The summed E-state index contributed by atoms with van der Waals surface area (Å²) in [5, 5.41) is 10.0. The topological polar surface area (TPSA) is 98.1 Å². The number of rotatable bonds is 4. The second kappa shape index (κ2) is 9.00. The van der Waals surface area contributed by atoms with Crippen LogP contribution in [0.2, 0.25) is 5.15 Å². The van der Waals surface area contributed by atoms with E-state index in [0.29, 0.717) is 11.3 Å². The Morgan fingerprint density at radius 1 is 1.17 bits per heavy atom. The first kappa shape index (κ1) is 22.0. The van der Waals surface area contributed by atoms with E-state index >= 15 is 0 Å². The molecule has 0 spiro atoms. The first-order chi connectivity index (χ1) is 14.1. The number of nitrogens with one attached hydrogen (secondary N) is 2. The van der Waals surface area contributed by atoms with Crippen molar-refractivity contribution in [3.05, 3.63) is 63.1 Å². The van der Waals surface area contributed by atoms with Crippen LogP contribution in [0.15, 0.2) is 48.8 Å². The zero-order valence-electron chi connectivity index (χ0n) is 16.4. The summed E-state index contributed by atoms with van der Waals surface area (Å²) in [6.07, 6.45) is 2.30. The molecule has 3 rings (SSSR count). The quantitative estimate of drug-likeness (QED) is 0.354. The first-order valence-corrected chi connectivity index (χ1v) is 10.3. The van der Waals surface area contributed by atoms with E-state index in [1.807, 2.05) is 24.3 Å². The highest BCUT2D eigenvalue weighted by atomic mass is 127. The van der Waals surface area contributed by atoms with Crippen LogP contribution >= 0.6 is 34.2 Å². The second-order valence-corrected chi connectivity index (χ2v) is 8.90. The lowest BCUT2D eigenvalue weighted by molar-refractivity contribution is 0.0635. The maximum absolute atomic E-state index is 12.6. The van der Waals surface area contributed by atoms with Crippen LogP contribution in [0.3, 0.4) is 0 Å². The number of pyridine rings is 1. The number of amides is 2. The summed E-state index contributed by atoms with van der Waals surface area (Å²) in [6, 6.07) is 10.7. The van der Waals surface area contributed by atoms with Crippen molar-refractivity contribution in [2.24, 2.45) is 0 Å². The highest BCUT2D eigenvalue weighted by Gasteiger charge is 2.20. The minimum absolute atomic E-state index is 0.166. The van der Waals surface area contributed by atoms with Crippen molar-refractivity contribution in [3.8, 4) is 5.69 Å². The van der Waals surface area contributed by atoms with E-state index in [2.05, 4.69) is 43.3 Å². The summed E-state index contributed by atoms with van der Waals surface area (Å²) in [5.41, 5.74) is 0.682. The van der Waals surface area contributed by atoms with Crippen molar-refractivity contribution >= 4 is 57.7 Å². The van der Waals surface area contributed by atoms with Gasteiger partial charge in [-0.05, 0) is 73.7 Å². The number of anilines is 2. The van der Waals surface area contributed by atoms with Gasteiger partial charge in [-0.1, -0.05) is 17.7 Å². The predicted octanol–water partition coefficient (Wildman–Crippen LogP) is 5.12. The van der Waals surface area contributed by atoms with Crippen LogP contribution in [-0.4, -0.2) is 32.4 Å². The molecule has 2 heterocycles. The molecule has 2 aromatic heterocycles. The highest BCUT2D eigenvalue weighted by molar-refractivity contribution is 14.1. The molecule has 3 aromatic rings. The van der Waals surface area contributed by atoms with Gasteiger partial charge in [-0.25, -0.2) is 14.5 Å². The van der Waals surface area contributed by atoms with Crippen LogP contribution < -0.4 is 10.6 Å². The van der Waals surface area contributed by atoms with Gasteiger partial charge in [0.2, 0.25) is 0 Å². The van der Waals surface area contributed by atoms with Crippen molar-refractivity contribution in [1.29, 1.82) is 0 Å². The monoisotopic (exact) mass is 539 g/mol. The van der Waals surface area contributed by atoms with E-state index in [1.54, 1.807) is 37.7 Å². The fraction of sp³-hybridized carbons (Fsp3) is 0.200. The van der Waals surface area contributed by atoms with Gasteiger partial charge in [0.05, 0.1) is 17.4 Å².